The van der Waals surface area contributed by atoms with Gasteiger partial charge in [0.2, 0.25) is 5.95 Å². The number of imidazole rings is 1. The molecule has 2 aromatic rings. The second-order valence-corrected chi connectivity index (χ2v) is 6.06. The lowest BCUT2D eigenvalue weighted by Crippen LogP contribution is -2.30. The van der Waals surface area contributed by atoms with Crippen molar-refractivity contribution in [1.82, 2.24) is 14.9 Å². The van der Waals surface area contributed by atoms with Crippen molar-refractivity contribution in [3.05, 3.63) is 24.3 Å². The molecule has 2 heterocycles. The predicted octanol–water partition coefficient (Wildman–Crippen LogP) is 2.88. The number of nitrogens with zero attached hydrogens (tertiary/aromatic N) is 3. The summed E-state index contributed by atoms with van der Waals surface area (Å²) in [6, 6.07) is 8.38. The van der Waals surface area contributed by atoms with E-state index < -0.39 is 0 Å². The molecule has 1 fully saturated rings. The van der Waals surface area contributed by atoms with Crippen LogP contribution in [0.2, 0.25) is 0 Å². The van der Waals surface area contributed by atoms with Gasteiger partial charge in [-0.3, -0.25) is 0 Å². The van der Waals surface area contributed by atoms with Gasteiger partial charge in [-0.2, -0.15) is 0 Å². The van der Waals surface area contributed by atoms with Crippen molar-refractivity contribution >= 4 is 41.0 Å². The summed E-state index contributed by atoms with van der Waals surface area (Å²) in [7, 11) is 0. The van der Waals surface area contributed by atoms with Gasteiger partial charge in [0.25, 0.3) is 0 Å². The Balaban J connectivity index is 0.00000192. The van der Waals surface area contributed by atoms with Crippen LogP contribution in [0.3, 0.4) is 0 Å². The Morgan fingerprint density at radius 3 is 2.87 bits per heavy atom. The Hall–Kier alpha value is -0.860. The fourth-order valence-corrected chi connectivity index (χ4v) is 2.95. The van der Waals surface area contributed by atoms with Crippen molar-refractivity contribution in [2.45, 2.75) is 32.9 Å². The van der Waals surface area contributed by atoms with Gasteiger partial charge in [-0.1, -0.05) is 12.1 Å². The fourth-order valence-electron chi connectivity index (χ4n) is 2.95. The van der Waals surface area contributed by atoms with Gasteiger partial charge in [0.1, 0.15) is 0 Å². The number of halogens is 1. The van der Waals surface area contributed by atoms with Crippen LogP contribution in [0.5, 0.6) is 0 Å². The Labute approximate surface area is 155 Å². The highest BCUT2D eigenvalue weighted by atomic mass is 127. The van der Waals surface area contributed by atoms with E-state index in [0.29, 0.717) is 0 Å². The number of nitrogens with one attached hydrogen (secondary N) is 1. The van der Waals surface area contributed by atoms with E-state index in [-0.39, 0.29) is 30.1 Å². The van der Waals surface area contributed by atoms with Crippen LogP contribution in [-0.4, -0.2) is 48.4 Å². The monoisotopic (exact) mass is 430 g/mol. The molecule has 6 heteroatoms. The summed E-state index contributed by atoms with van der Waals surface area (Å²) in [5.74, 6) is 1.08. The minimum atomic E-state index is 0. The molecule has 0 radical (unpaired) electrons. The summed E-state index contributed by atoms with van der Waals surface area (Å²) < 4.78 is 8.06. The van der Waals surface area contributed by atoms with Gasteiger partial charge in [-0.25, -0.2) is 4.98 Å². The minimum absolute atomic E-state index is 0. The summed E-state index contributed by atoms with van der Waals surface area (Å²) in [4.78, 5) is 7.28. The molecule has 1 saturated heterocycles. The van der Waals surface area contributed by atoms with Gasteiger partial charge in [0.15, 0.2) is 0 Å². The van der Waals surface area contributed by atoms with E-state index in [1.165, 1.54) is 5.52 Å². The highest BCUT2D eigenvalue weighted by Gasteiger charge is 2.18. The predicted molar refractivity (Wildman–Crippen MR) is 106 cm³/mol. The molecule has 3 rings (SSSR count). The number of aromatic nitrogens is 2. The molecule has 1 aromatic carbocycles. The van der Waals surface area contributed by atoms with E-state index in [9.17, 15) is 0 Å². The van der Waals surface area contributed by atoms with Crippen molar-refractivity contribution in [2.24, 2.45) is 0 Å². The van der Waals surface area contributed by atoms with E-state index in [1.807, 2.05) is 0 Å². The first kappa shape index (κ1) is 18.5. The smallest absolute Gasteiger partial charge is 0.206 e. The van der Waals surface area contributed by atoms with E-state index in [0.717, 1.165) is 57.2 Å². The van der Waals surface area contributed by atoms with Gasteiger partial charge in [-0.15, -0.1) is 24.0 Å². The third-order valence-electron chi connectivity index (χ3n) is 4.02. The lowest BCUT2D eigenvalue weighted by Gasteiger charge is -2.22. The maximum absolute atomic E-state index is 5.75. The molecule has 1 aliphatic heterocycles. The van der Waals surface area contributed by atoms with Crippen LogP contribution in [0.15, 0.2) is 24.3 Å². The molecule has 0 saturated carbocycles. The molecular weight excluding hydrogens is 403 g/mol. The van der Waals surface area contributed by atoms with Crippen LogP contribution in [0, 0.1) is 0 Å². The molecule has 0 amide bonds. The standard InChI is InChI=1S/C17H26N4O.HI/c1-14(2)22-13-12-21-16-7-4-3-6-15(16)19-17(21)20-10-5-8-18-9-11-20;/h3-4,6-7,14,18H,5,8-13H2,1-2H3;1H. The van der Waals surface area contributed by atoms with Crippen molar-refractivity contribution in [1.29, 1.82) is 0 Å². The third-order valence-corrected chi connectivity index (χ3v) is 4.02. The number of fused-ring (bicyclic) bond motifs is 1. The summed E-state index contributed by atoms with van der Waals surface area (Å²) >= 11 is 0. The molecule has 0 aliphatic carbocycles. The van der Waals surface area contributed by atoms with E-state index in [1.54, 1.807) is 0 Å². The first-order valence-corrected chi connectivity index (χ1v) is 8.28. The maximum atomic E-state index is 5.75. The first-order valence-electron chi connectivity index (χ1n) is 8.28. The number of anilines is 1. The van der Waals surface area contributed by atoms with Gasteiger partial charge >= 0.3 is 0 Å². The number of hydrogen-bond donors (Lipinski definition) is 1. The molecule has 1 N–H and O–H groups in total. The van der Waals surface area contributed by atoms with Crippen molar-refractivity contribution in [2.75, 3.05) is 37.7 Å². The van der Waals surface area contributed by atoms with Gasteiger partial charge in [0.05, 0.1) is 23.7 Å². The van der Waals surface area contributed by atoms with E-state index in [4.69, 9.17) is 9.72 Å². The zero-order chi connectivity index (χ0) is 15.4. The first-order chi connectivity index (χ1) is 10.8. The zero-order valence-electron chi connectivity index (χ0n) is 14.0. The molecule has 128 valence electrons. The van der Waals surface area contributed by atoms with Crippen LogP contribution in [0.1, 0.15) is 20.3 Å². The average molecular weight is 430 g/mol. The Bertz CT molecular complexity index is 606. The number of benzene rings is 1. The number of rotatable bonds is 5. The maximum Gasteiger partial charge on any atom is 0.206 e. The van der Waals surface area contributed by atoms with Crippen LogP contribution in [-0.2, 0) is 11.3 Å². The largest absolute Gasteiger partial charge is 0.377 e. The van der Waals surface area contributed by atoms with Crippen molar-refractivity contribution < 1.29 is 4.74 Å². The average Bonchev–Trinajstić information content (AvgIpc) is 2.70. The second kappa shape index (κ2) is 8.84. The molecule has 0 spiro atoms. The summed E-state index contributed by atoms with van der Waals surface area (Å²) in [6.07, 6.45) is 1.42. The fraction of sp³-hybridized carbons (Fsp3) is 0.588. The number of ether oxygens (including phenoxy) is 1. The highest BCUT2D eigenvalue weighted by molar-refractivity contribution is 14.0. The van der Waals surface area contributed by atoms with Gasteiger partial charge < -0.3 is 19.5 Å². The molecule has 0 unspecified atom stereocenters. The Kier molecular flexibility index (Phi) is 7.10. The Morgan fingerprint density at radius 1 is 1.22 bits per heavy atom. The topological polar surface area (TPSA) is 42.3 Å². The number of hydrogen-bond acceptors (Lipinski definition) is 4. The highest BCUT2D eigenvalue weighted by Crippen LogP contribution is 2.23. The van der Waals surface area contributed by atoms with Crippen molar-refractivity contribution in [3.8, 4) is 0 Å². The summed E-state index contributed by atoms with van der Waals surface area (Å²) in [6.45, 7) is 9.89. The molecule has 1 aromatic heterocycles. The zero-order valence-corrected chi connectivity index (χ0v) is 16.3. The van der Waals surface area contributed by atoms with Crippen molar-refractivity contribution in [3.63, 3.8) is 0 Å². The normalized spacial score (nSPS) is 15.7. The second-order valence-electron chi connectivity index (χ2n) is 6.06. The molecule has 1 aliphatic rings. The van der Waals surface area contributed by atoms with Crippen LogP contribution in [0.4, 0.5) is 5.95 Å². The van der Waals surface area contributed by atoms with Gasteiger partial charge in [0, 0.05) is 26.2 Å². The van der Waals surface area contributed by atoms with Crippen LogP contribution < -0.4 is 10.2 Å². The SMILES string of the molecule is CC(C)OCCn1c(N2CCCNCC2)nc2ccccc21.I. The molecule has 0 atom stereocenters. The van der Waals surface area contributed by atoms with E-state index in [2.05, 4.69) is 52.9 Å². The summed E-state index contributed by atoms with van der Waals surface area (Å²) in [5.41, 5.74) is 2.27. The minimum Gasteiger partial charge on any atom is -0.377 e. The lowest BCUT2D eigenvalue weighted by molar-refractivity contribution is 0.0734. The molecule has 23 heavy (non-hydrogen) atoms. The quantitative estimate of drug-likeness (QED) is 0.741. The van der Waals surface area contributed by atoms with Crippen LogP contribution >= 0.6 is 24.0 Å². The summed E-state index contributed by atoms with van der Waals surface area (Å²) in [5, 5.41) is 3.45. The molecular formula is C17H27IN4O. The Morgan fingerprint density at radius 2 is 2.04 bits per heavy atom. The number of para-hydroxylation sites is 2. The van der Waals surface area contributed by atoms with Gasteiger partial charge in [-0.05, 0) is 38.9 Å². The van der Waals surface area contributed by atoms with E-state index >= 15 is 0 Å². The lowest BCUT2D eigenvalue weighted by atomic mass is 10.3. The third kappa shape index (κ3) is 4.58. The van der Waals surface area contributed by atoms with Crippen LogP contribution in [0.25, 0.3) is 11.0 Å². The molecule has 0 bridgehead atoms. The molecule has 5 nitrogen and oxygen atoms in total.